The monoisotopic (exact) mass is 279 g/mol. The van der Waals surface area contributed by atoms with E-state index >= 15 is 0 Å². The Morgan fingerprint density at radius 2 is 2.35 bits per heavy atom. The van der Waals surface area contributed by atoms with E-state index in [1.165, 1.54) is 0 Å². The van der Waals surface area contributed by atoms with Crippen molar-refractivity contribution in [2.24, 2.45) is 0 Å². The summed E-state index contributed by atoms with van der Waals surface area (Å²) in [6, 6.07) is 5.56. The van der Waals surface area contributed by atoms with Gasteiger partial charge in [0.25, 0.3) is 0 Å². The van der Waals surface area contributed by atoms with Crippen LogP contribution in [0.4, 0.5) is 0 Å². The molecule has 2 heterocycles. The van der Waals surface area contributed by atoms with Gasteiger partial charge in [-0.1, -0.05) is 6.07 Å². The zero-order valence-corrected chi connectivity index (χ0v) is 11.5. The molecule has 0 unspecified atom stereocenters. The van der Waals surface area contributed by atoms with E-state index in [1.54, 1.807) is 6.20 Å². The van der Waals surface area contributed by atoms with Crippen LogP contribution in [0.3, 0.4) is 0 Å². The molecule has 1 aromatic heterocycles. The molecule has 0 aliphatic carbocycles. The van der Waals surface area contributed by atoms with Crippen molar-refractivity contribution in [1.29, 1.82) is 0 Å². The van der Waals surface area contributed by atoms with Crippen LogP contribution in [0.5, 0.6) is 0 Å². The molecule has 0 radical (unpaired) electrons. The van der Waals surface area contributed by atoms with Gasteiger partial charge in [-0.3, -0.25) is 14.7 Å². The number of hydrogen-bond donors (Lipinski definition) is 3. The summed E-state index contributed by atoms with van der Waals surface area (Å²) in [5.74, 6) is -0.0992. The second-order valence-electron chi connectivity index (χ2n) is 5.29. The van der Waals surface area contributed by atoms with Crippen molar-refractivity contribution < 1.29 is 15.0 Å². The largest absolute Gasteiger partial charge is 0.393 e. The van der Waals surface area contributed by atoms with Gasteiger partial charge < -0.3 is 15.5 Å². The Balaban J connectivity index is 1.77. The number of hydrogen-bond acceptors (Lipinski definition) is 5. The number of nitrogens with zero attached hydrogens (tertiary/aromatic N) is 2. The number of aliphatic hydroxyl groups excluding tert-OH is 1. The van der Waals surface area contributed by atoms with Crippen molar-refractivity contribution in [2.75, 3.05) is 26.2 Å². The van der Waals surface area contributed by atoms with Crippen LogP contribution in [0, 0.1) is 0 Å². The molecule has 1 aliphatic rings. The molecule has 0 saturated carbocycles. The second kappa shape index (κ2) is 6.78. The smallest absolute Gasteiger partial charge is 0.234 e. The third-order valence-corrected chi connectivity index (χ3v) is 3.49. The van der Waals surface area contributed by atoms with Gasteiger partial charge in [-0.2, -0.15) is 0 Å². The lowest BCUT2D eigenvalue weighted by molar-refractivity contribution is -0.125. The van der Waals surface area contributed by atoms with Crippen LogP contribution in [-0.2, 0) is 11.3 Å². The normalized spacial score (nSPS) is 23.5. The van der Waals surface area contributed by atoms with Crippen molar-refractivity contribution in [3.63, 3.8) is 0 Å². The van der Waals surface area contributed by atoms with Crippen molar-refractivity contribution in [2.45, 2.75) is 25.0 Å². The number of rotatable bonds is 5. The number of β-amino-alcohol motifs (C(OH)–C–C–N with tert-alkyl or cyclic N) is 1. The Morgan fingerprint density at radius 3 is 3.05 bits per heavy atom. The Morgan fingerprint density at radius 1 is 1.50 bits per heavy atom. The highest BCUT2D eigenvalue weighted by Gasteiger charge is 2.33. The van der Waals surface area contributed by atoms with Crippen molar-refractivity contribution in [3.05, 3.63) is 30.1 Å². The van der Waals surface area contributed by atoms with Crippen LogP contribution < -0.4 is 5.32 Å². The summed E-state index contributed by atoms with van der Waals surface area (Å²) in [6.07, 6.45) is 3.05. The first kappa shape index (κ1) is 14.9. The predicted molar refractivity (Wildman–Crippen MR) is 73.8 cm³/mol. The maximum atomic E-state index is 11.9. The molecule has 0 aromatic carbocycles. The maximum absolute atomic E-state index is 11.9. The average Bonchev–Trinajstić information content (AvgIpc) is 2.46. The van der Waals surface area contributed by atoms with Crippen LogP contribution in [0.25, 0.3) is 0 Å². The SMILES string of the molecule is O=C(CN1CCC[C@@](O)(CO)C1)NCc1ccccn1. The molecule has 6 heteroatoms. The van der Waals surface area contributed by atoms with Crippen LogP contribution in [-0.4, -0.2) is 57.8 Å². The van der Waals surface area contributed by atoms with Crippen molar-refractivity contribution in [1.82, 2.24) is 15.2 Å². The number of piperidine rings is 1. The van der Waals surface area contributed by atoms with Crippen LogP contribution in [0.2, 0.25) is 0 Å². The van der Waals surface area contributed by atoms with E-state index in [1.807, 2.05) is 23.1 Å². The molecule has 0 spiro atoms. The lowest BCUT2D eigenvalue weighted by Gasteiger charge is -2.37. The Kier molecular flexibility index (Phi) is 5.05. The Hall–Kier alpha value is -1.50. The minimum atomic E-state index is -1.07. The van der Waals surface area contributed by atoms with Gasteiger partial charge in [0.2, 0.25) is 5.91 Å². The molecule has 1 saturated heterocycles. The van der Waals surface area contributed by atoms with E-state index in [2.05, 4.69) is 10.3 Å². The fraction of sp³-hybridized carbons (Fsp3) is 0.571. The van der Waals surface area contributed by atoms with Crippen LogP contribution in [0.15, 0.2) is 24.4 Å². The first-order valence-electron chi connectivity index (χ1n) is 6.83. The van der Waals surface area contributed by atoms with Gasteiger partial charge in [-0.25, -0.2) is 0 Å². The third kappa shape index (κ3) is 4.26. The molecule has 110 valence electrons. The maximum Gasteiger partial charge on any atom is 0.234 e. The fourth-order valence-corrected chi connectivity index (χ4v) is 2.42. The lowest BCUT2D eigenvalue weighted by Crippen LogP contribution is -2.52. The summed E-state index contributed by atoms with van der Waals surface area (Å²) in [5, 5.41) is 22.0. The van der Waals surface area contributed by atoms with Gasteiger partial charge in [-0.05, 0) is 31.5 Å². The fourth-order valence-electron chi connectivity index (χ4n) is 2.42. The van der Waals surface area contributed by atoms with Gasteiger partial charge >= 0.3 is 0 Å². The number of likely N-dealkylation sites (tertiary alicyclic amines) is 1. The van der Waals surface area contributed by atoms with Gasteiger partial charge in [0.1, 0.15) is 5.60 Å². The molecule has 1 atom stereocenters. The molecule has 6 nitrogen and oxygen atoms in total. The number of nitrogens with one attached hydrogen (secondary N) is 1. The number of aromatic nitrogens is 1. The average molecular weight is 279 g/mol. The molecule has 0 bridgehead atoms. The van der Waals surface area contributed by atoms with Crippen LogP contribution in [0.1, 0.15) is 18.5 Å². The number of carbonyl (C=O) groups excluding carboxylic acids is 1. The summed E-state index contributed by atoms with van der Waals surface area (Å²) >= 11 is 0. The zero-order valence-electron chi connectivity index (χ0n) is 11.5. The summed E-state index contributed by atoms with van der Waals surface area (Å²) in [5.41, 5.74) is -0.258. The molecule has 1 aromatic rings. The summed E-state index contributed by atoms with van der Waals surface area (Å²) in [7, 11) is 0. The van der Waals surface area contributed by atoms with E-state index < -0.39 is 5.60 Å². The molecule has 1 fully saturated rings. The zero-order chi connectivity index (χ0) is 14.4. The highest BCUT2D eigenvalue weighted by atomic mass is 16.3. The molecule has 1 aliphatic heterocycles. The summed E-state index contributed by atoms with van der Waals surface area (Å²) in [6.45, 7) is 1.46. The van der Waals surface area contributed by atoms with Crippen molar-refractivity contribution >= 4 is 5.91 Å². The summed E-state index contributed by atoms with van der Waals surface area (Å²) in [4.78, 5) is 17.9. The molecule has 2 rings (SSSR count). The highest BCUT2D eigenvalue weighted by molar-refractivity contribution is 5.77. The first-order valence-corrected chi connectivity index (χ1v) is 6.83. The van der Waals surface area contributed by atoms with Crippen molar-refractivity contribution in [3.8, 4) is 0 Å². The van der Waals surface area contributed by atoms with Crippen LogP contribution >= 0.6 is 0 Å². The Labute approximate surface area is 118 Å². The molecule has 20 heavy (non-hydrogen) atoms. The minimum absolute atomic E-state index is 0.0992. The number of carbonyl (C=O) groups is 1. The quantitative estimate of drug-likeness (QED) is 0.677. The van der Waals surface area contributed by atoms with Gasteiger partial charge in [0, 0.05) is 12.7 Å². The molecular formula is C14H21N3O3. The first-order chi connectivity index (χ1) is 9.61. The van der Waals surface area contributed by atoms with E-state index in [0.29, 0.717) is 19.5 Å². The van der Waals surface area contributed by atoms with E-state index in [-0.39, 0.29) is 19.1 Å². The van der Waals surface area contributed by atoms with E-state index in [9.17, 15) is 9.90 Å². The second-order valence-corrected chi connectivity index (χ2v) is 5.29. The summed E-state index contributed by atoms with van der Waals surface area (Å²) < 4.78 is 0. The predicted octanol–water partition coefficient (Wildman–Crippen LogP) is -0.483. The third-order valence-electron chi connectivity index (χ3n) is 3.49. The van der Waals surface area contributed by atoms with Gasteiger partial charge in [0.05, 0.1) is 25.4 Å². The topological polar surface area (TPSA) is 85.7 Å². The molecule has 1 amide bonds. The lowest BCUT2D eigenvalue weighted by atomic mass is 9.94. The number of amides is 1. The van der Waals surface area contributed by atoms with E-state index in [4.69, 9.17) is 5.11 Å². The van der Waals surface area contributed by atoms with E-state index in [0.717, 1.165) is 18.7 Å². The number of pyridine rings is 1. The highest BCUT2D eigenvalue weighted by Crippen LogP contribution is 2.20. The Bertz CT molecular complexity index is 441. The van der Waals surface area contributed by atoms with Gasteiger partial charge in [0.15, 0.2) is 0 Å². The molecular weight excluding hydrogens is 258 g/mol. The standard InChI is InChI=1S/C14H21N3O3/c18-11-14(20)5-3-7-17(10-14)9-13(19)16-8-12-4-1-2-6-15-12/h1-2,4,6,18,20H,3,5,7-11H2,(H,16,19)/t14-/m0/s1. The number of aliphatic hydroxyl groups is 2. The minimum Gasteiger partial charge on any atom is -0.393 e. The molecule has 3 N–H and O–H groups in total. The van der Waals surface area contributed by atoms with Gasteiger partial charge in [-0.15, -0.1) is 0 Å².